The van der Waals surface area contributed by atoms with Crippen LogP contribution in [0.4, 0.5) is 0 Å². The van der Waals surface area contributed by atoms with Crippen molar-refractivity contribution in [1.82, 2.24) is 0 Å². The molecule has 4 aromatic rings. The maximum Gasteiger partial charge on any atom is 0.0218 e. The Kier molecular flexibility index (Phi) is 3.53. The Morgan fingerprint density at radius 1 is 0.640 bits per heavy atom. The highest BCUT2D eigenvalue weighted by Crippen LogP contribution is 2.51. The first-order chi connectivity index (χ1) is 12.2. The minimum atomic E-state index is 0.771. The fourth-order valence-electron chi connectivity index (χ4n) is 3.96. The van der Waals surface area contributed by atoms with E-state index < -0.39 is 0 Å². The van der Waals surface area contributed by atoms with E-state index in [9.17, 15) is 0 Å². The molecule has 0 fully saturated rings. The van der Waals surface area contributed by atoms with Crippen LogP contribution in [0.1, 0.15) is 22.3 Å². The van der Waals surface area contributed by atoms with Crippen molar-refractivity contribution in [1.29, 1.82) is 0 Å². The van der Waals surface area contributed by atoms with Gasteiger partial charge in [-0.15, -0.1) is 16.4 Å². The minimum absolute atomic E-state index is 0.771. The molecule has 0 amide bonds. The fourth-order valence-corrected chi connectivity index (χ4v) is 6.36. The largest absolute Gasteiger partial charge is 0.131 e. The van der Waals surface area contributed by atoms with Gasteiger partial charge in [0.1, 0.15) is 0 Å². The van der Waals surface area contributed by atoms with Crippen LogP contribution < -0.4 is 0 Å². The van der Waals surface area contributed by atoms with Crippen LogP contribution in [0.15, 0.2) is 60.1 Å². The quantitative estimate of drug-likeness (QED) is 0.311. The highest BCUT2D eigenvalue weighted by molar-refractivity contribution is 7.34. The number of benzene rings is 2. The fraction of sp³-hybridized carbons (Fsp3) is 0.0870. The van der Waals surface area contributed by atoms with Crippen molar-refractivity contribution in [2.75, 3.05) is 0 Å². The summed E-state index contributed by atoms with van der Waals surface area (Å²) >= 11 is 0. The standard InChI is InChI=1S/C23H19P2/c1-14-9-11-24-22(14)19-8-7-18-17-6-4-3-5-16(17)13-20(18)21(19)23-15(2)10-12-25-23/h3-13,24-25H,1-2H3. The van der Waals surface area contributed by atoms with Crippen molar-refractivity contribution in [3.63, 3.8) is 0 Å². The van der Waals surface area contributed by atoms with Crippen LogP contribution in [-0.2, 0) is 0 Å². The van der Waals surface area contributed by atoms with Gasteiger partial charge in [-0.25, -0.2) is 0 Å². The zero-order chi connectivity index (χ0) is 17.0. The van der Waals surface area contributed by atoms with Crippen LogP contribution in [0, 0.1) is 20.3 Å². The average Bonchev–Trinajstić information content (AvgIpc) is 3.32. The van der Waals surface area contributed by atoms with Gasteiger partial charge in [0.2, 0.25) is 0 Å². The lowest BCUT2D eigenvalue weighted by Gasteiger charge is -2.16. The van der Waals surface area contributed by atoms with Crippen molar-refractivity contribution in [3.8, 4) is 32.8 Å². The summed E-state index contributed by atoms with van der Waals surface area (Å²) < 4.78 is 0. The Balaban J connectivity index is 1.85. The molecule has 2 heteroatoms. The molecule has 0 nitrogen and oxygen atoms in total. The summed E-state index contributed by atoms with van der Waals surface area (Å²) in [5, 5.41) is 3.03. The summed E-state index contributed by atoms with van der Waals surface area (Å²) in [6.07, 6.45) is 2.40. The summed E-state index contributed by atoms with van der Waals surface area (Å²) in [6, 6.07) is 18.0. The number of hydrogen-bond donors (Lipinski definition) is 0. The normalized spacial score (nSPS) is 12.9. The van der Waals surface area contributed by atoms with Gasteiger partial charge in [0.25, 0.3) is 0 Å². The second-order valence-corrected chi connectivity index (χ2v) is 9.00. The molecule has 0 N–H and O–H groups in total. The predicted octanol–water partition coefficient (Wildman–Crippen LogP) is 7.28. The van der Waals surface area contributed by atoms with Crippen molar-refractivity contribution in [2.45, 2.75) is 13.8 Å². The van der Waals surface area contributed by atoms with Gasteiger partial charge in [0.15, 0.2) is 0 Å². The maximum absolute atomic E-state index is 2.40. The van der Waals surface area contributed by atoms with Gasteiger partial charge < -0.3 is 0 Å². The lowest BCUT2D eigenvalue weighted by Crippen LogP contribution is -1.91. The van der Waals surface area contributed by atoms with E-state index in [-0.39, 0.29) is 0 Å². The Bertz CT molecular complexity index is 1090. The molecule has 1 aliphatic rings. The van der Waals surface area contributed by atoms with E-state index in [1.54, 1.807) is 0 Å². The summed E-state index contributed by atoms with van der Waals surface area (Å²) in [4.78, 5) is 0. The van der Waals surface area contributed by atoms with E-state index in [0.717, 1.165) is 16.4 Å². The first-order valence-corrected chi connectivity index (χ1v) is 10.8. The molecule has 1 aliphatic carbocycles. The van der Waals surface area contributed by atoms with Gasteiger partial charge in [-0.1, -0.05) is 48.5 Å². The Morgan fingerprint density at radius 3 is 2.04 bits per heavy atom. The van der Waals surface area contributed by atoms with Gasteiger partial charge in [0.05, 0.1) is 0 Å². The number of aryl methyl sites for hydroxylation is 2. The number of hydrogen-bond acceptors (Lipinski definition) is 0. The maximum atomic E-state index is 2.40. The molecular formula is C23H19P2. The molecular weight excluding hydrogens is 338 g/mol. The lowest BCUT2D eigenvalue weighted by atomic mass is 9.92. The molecule has 5 rings (SSSR count). The minimum Gasteiger partial charge on any atom is -0.131 e. The molecule has 2 aromatic carbocycles. The first-order valence-electron chi connectivity index (χ1n) is 8.64. The van der Waals surface area contributed by atoms with Crippen molar-refractivity contribution < 1.29 is 0 Å². The molecule has 0 spiro atoms. The lowest BCUT2D eigenvalue weighted by molar-refractivity contribution is 1.48. The Hall–Kier alpha value is -2.00. The smallest absolute Gasteiger partial charge is 0.0218 e. The molecule has 25 heavy (non-hydrogen) atoms. The summed E-state index contributed by atoms with van der Waals surface area (Å²) in [5.41, 5.74) is 11.3. The van der Waals surface area contributed by atoms with Crippen molar-refractivity contribution >= 4 is 16.4 Å². The molecule has 0 saturated heterocycles. The summed E-state index contributed by atoms with van der Waals surface area (Å²) in [6.45, 7) is 4.51. The molecule has 0 aliphatic heterocycles. The molecule has 2 unspecified atom stereocenters. The Labute approximate surface area is 152 Å². The molecule has 1 radical (unpaired) electrons. The van der Waals surface area contributed by atoms with Crippen molar-refractivity contribution in [3.05, 3.63) is 88.8 Å². The van der Waals surface area contributed by atoms with Gasteiger partial charge in [-0.05, 0) is 70.0 Å². The number of rotatable bonds is 2. The monoisotopic (exact) mass is 357 g/mol. The molecule has 121 valence electrons. The summed E-state index contributed by atoms with van der Waals surface area (Å²) in [7, 11) is 1.55. The van der Waals surface area contributed by atoms with Gasteiger partial charge in [-0.3, -0.25) is 0 Å². The van der Waals surface area contributed by atoms with E-state index in [0.29, 0.717) is 0 Å². The van der Waals surface area contributed by atoms with Gasteiger partial charge in [-0.2, -0.15) is 0 Å². The highest BCUT2D eigenvalue weighted by Gasteiger charge is 2.25. The van der Waals surface area contributed by atoms with E-state index in [1.807, 2.05) is 0 Å². The van der Waals surface area contributed by atoms with E-state index in [2.05, 4.69) is 80.4 Å². The number of fused-ring (bicyclic) bond motifs is 3. The van der Waals surface area contributed by atoms with Crippen molar-refractivity contribution in [2.24, 2.45) is 0 Å². The predicted molar refractivity (Wildman–Crippen MR) is 114 cm³/mol. The zero-order valence-electron chi connectivity index (χ0n) is 14.4. The first kappa shape index (κ1) is 15.3. The van der Waals surface area contributed by atoms with Gasteiger partial charge in [0, 0.05) is 17.0 Å². The SMILES string of the molecule is Cc1cc[pH]c1-c1ccc2c(c1-c1[pH]ccc1C)[CH]c1ccccc1-2. The van der Waals surface area contributed by atoms with Crippen LogP contribution in [0.3, 0.4) is 0 Å². The average molecular weight is 357 g/mol. The van der Waals surface area contributed by atoms with E-state index in [4.69, 9.17) is 0 Å². The van der Waals surface area contributed by atoms with Crippen LogP contribution >= 0.6 is 16.4 Å². The molecule has 0 bridgehead atoms. The van der Waals surface area contributed by atoms with Crippen LogP contribution in [0.2, 0.25) is 0 Å². The molecule has 0 saturated carbocycles. The third-order valence-corrected chi connectivity index (χ3v) is 7.78. The Morgan fingerprint density at radius 2 is 1.32 bits per heavy atom. The molecule has 2 heterocycles. The third-order valence-electron chi connectivity index (χ3n) is 5.23. The van der Waals surface area contributed by atoms with Crippen LogP contribution in [0.5, 0.6) is 0 Å². The second kappa shape index (κ2) is 5.77. The molecule has 2 atom stereocenters. The summed E-state index contributed by atoms with van der Waals surface area (Å²) in [5.74, 6) is 4.64. The van der Waals surface area contributed by atoms with E-state index in [1.165, 1.54) is 55.1 Å². The van der Waals surface area contributed by atoms with Crippen LogP contribution in [0.25, 0.3) is 32.8 Å². The second-order valence-electron chi connectivity index (χ2n) is 6.75. The van der Waals surface area contributed by atoms with Gasteiger partial charge >= 0.3 is 0 Å². The highest BCUT2D eigenvalue weighted by atomic mass is 31.0. The third kappa shape index (κ3) is 2.29. The van der Waals surface area contributed by atoms with E-state index >= 15 is 0 Å². The van der Waals surface area contributed by atoms with Crippen LogP contribution in [-0.4, -0.2) is 0 Å². The molecule has 2 aromatic heterocycles. The topological polar surface area (TPSA) is 0 Å². The zero-order valence-corrected chi connectivity index (χ0v) is 16.4.